The highest BCUT2D eigenvalue weighted by atomic mass is 19.1. The molecule has 0 saturated heterocycles. The molecule has 2 aromatic carbocycles. The van der Waals surface area contributed by atoms with Crippen molar-refractivity contribution in [3.05, 3.63) is 114 Å². The van der Waals surface area contributed by atoms with Gasteiger partial charge in [-0.3, -0.25) is 9.78 Å². The van der Waals surface area contributed by atoms with Crippen LogP contribution in [-0.2, 0) is 16.6 Å². The van der Waals surface area contributed by atoms with Gasteiger partial charge < -0.3 is 5.32 Å². The molecule has 1 N–H and O–H groups in total. The fourth-order valence-corrected chi connectivity index (χ4v) is 4.36. The van der Waals surface area contributed by atoms with Crippen molar-refractivity contribution < 1.29 is 13.6 Å². The number of carbonyl (C=O) groups is 1. The summed E-state index contributed by atoms with van der Waals surface area (Å²) in [4.78, 5) is 16.4. The number of carbonyl (C=O) groups excluding carboxylic acids is 1. The molecule has 1 fully saturated rings. The van der Waals surface area contributed by atoms with Gasteiger partial charge in [0, 0.05) is 24.4 Å². The highest BCUT2D eigenvalue weighted by Gasteiger charge is 2.55. The fourth-order valence-electron chi connectivity index (χ4n) is 4.36. The number of halogens is 2. The lowest BCUT2D eigenvalue weighted by Crippen LogP contribution is -2.22. The zero-order chi connectivity index (χ0) is 22.4. The Morgan fingerprint density at radius 1 is 1.03 bits per heavy atom. The number of hydrogen-bond acceptors (Lipinski definition) is 2. The van der Waals surface area contributed by atoms with Crippen molar-refractivity contribution in [3.8, 4) is 0 Å². The van der Waals surface area contributed by atoms with E-state index in [9.17, 15) is 13.6 Å². The third-order valence-corrected chi connectivity index (χ3v) is 6.09. The van der Waals surface area contributed by atoms with Gasteiger partial charge in [-0.15, -0.1) is 0 Å². The molecule has 1 aromatic heterocycles. The van der Waals surface area contributed by atoms with Crippen molar-refractivity contribution in [1.82, 2.24) is 10.3 Å². The Bertz CT molecular complexity index is 1050. The molecule has 32 heavy (non-hydrogen) atoms. The first-order valence-corrected chi connectivity index (χ1v) is 10.9. The molecule has 1 heterocycles. The summed E-state index contributed by atoms with van der Waals surface area (Å²) in [7, 11) is 0. The van der Waals surface area contributed by atoms with Crippen molar-refractivity contribution in [3.63, 3.8) is 0 Å². The standard InChI is InChI=1S/C27H26F2N2O/c28-24-10-3-8-21(16-24)27(22-9-4-11-25(29)17-22)18-23(27)12-13-26(32)31-15-2-1-6-20-7-5-14-30-19-20/h3-5,7-14,16-17,19,23H,1-2,6,15,18H2,(H,31,32)/b13-12+/t23-/m1/s1. The zero-order valence-corrected chi connectivity index (χ0v) is 17.8. The number of allylic oxidation sites excluding steroid dienone is 1. The van der Waals surface area contributed by atoms with E-state index in [1.807, 2.05) is 36.5 Å². The van der Waals surface area contributed by atoms with Crippen molar-refractivity contribution in [1.29, 1.82) is 0 Å². The van der Waals surface area contributed by atoms with E-state index in [1.54, 1.807) is 24.4 Å². The van der Waals surface area contributed by atoms with Crippen molar-refractivity contribution >= 4 is 5.91 Å². The lowest BCUT2D eigenvalue weighted by Gasteiger charge is -2.18. The highest BCUT2D eigenvalue weighted by Crippen LogP contribution is 2.59. The van der Waals surface area contributed by atoms with Crippen LogP contribution in [-0.4, -0.2) is 17.4 Å². The highest BCUT2D eigenvalue weighted by molar-refractivity contribution is 5.87. The molecule has 1 aliphatic carbocycles. The minimum absolute atomic E-state index is 0.00225. The number of aromatic nitrogens is 1. The number of unbranched alkanes of at least 4 members (excludes halogenated alkanes) is 1. The lowest BCUT2D eigenvalue weighted by molar-refractivity contribution is -0.116. The van der Waals surface area contributed by atoms with E-state index in [1.165, 1.54) is 29.8 Å². The van der Waals surface area contributed by atoms with Crippen LogP contribution in [0.15, 0.2) is 85.2 Å². The molecule has 0 unspecified atom stereocenters. The van der Waals surface area contributed by atoms with E-state index in [4.69, 9.17) is 0 Å². The molecule has 1 saturated carbocycles. The van der Waals surface area contributed by atoms with Gasteiger partial charge in [0.15, 0.2) is 0 Å². The third kappa shape index (κ3) is 5.10. The Morgan fingerprint density at radius 3 is 2.38 bits per heavy atom. The minimum Gasteiger partial charge on any atom is -0.353 e. The fraction of sp³-hybridized carbons (Fsp3) is 0.259. The van der Waals surface area contributed by atoms with Gasteiger partial charge in [0.25, 0.3) is 0 Å². The van der Waals surface area contributed by atoms with E-state index in [-0.39, 0.29) is 23.5 Å². The number of hydrogen-bond donors (Lipinski definition) is 1. The van der Waals surface area contributed by atoms with Gasteiger partial charge in [-0.2, -0.15) is 0 Å². The normalized spacial score (nSPS) is 16.8. The Kier molecular flexibility index (Phi) is 6.74. The SMILES string of the molecule is O=C(/C=C/[C@@H]1CC1(c1cccc(F)c1)c1cccc(F)c1)NCCCCc1cccnc1. The summed E-state index contributed by atoms with van der Waals surface area (Å²) in [5.74, 6) is -0.790. The summed E-state index contributed by atoms with van der Waals surface area (Å²) in [6, 6.07) is 16.8. The second kappa shape index (κ2) is 9.86. The number of nitrogens with one attached hydrogen (secondary N) is 1. The van der Waals surface area contributed by atoms with Crippen LogP contribution >= 0.6 is 0 Å². The first-order chi connectivity index (χ1) is 15.6. The summed E-state index contributed by atoms with van der Waals surface area (Å²) < 4.78 is 27.8. The predicted molar refractivity (Wildman–Crippen MR) is 121 cm³/mol. The molecule has 3 nitrogen and oxygen atoms in total. The van der Waals surface area contributed by atoms with Crippen molar-refractivity contribution in [2.75, 3.05) is 6.54 Å². The maximum atomic E-state index is 13.9. The van der Waals surface area contributed by atoms with Gasteiger partial charge in [-0.25, -0.2) is 8.78 Å². The van der Waals surface area contributed by atoms with E-state index >= 15 is 0 Å². The molecule has 0 radical (unpaired) electrons. The first-order valence-electron chi connectivity index (χ1n) is 10.9. The largest absolute Gasteiger partial charge is 0.353 e. The average Bonchev–Trinajstić information content (AvgIpc) is 3.54. The van der Waals surface area contributed by atoms with Crippen molar-refractivity contribution in [2.24, 2.45) is 5.92 Å². The average molecular weight is 433 g/mol. The minimum atomic E-state index is -0.509. The second-order valence-corrected chi connectivity index (χ2v) is 8.27. The van der Waals surface area contributed by atoms with Crippen LogP contribution < -0.4 is 5.32 Å². The summed E-state index contributed by atoms with van der Waals surface area (Å²) >= 11 is 0. The van der Waals surface area contributed by atoms with Crippen LogP contribution in [0.25, 0.3) is 0 Å². The van der Waals surface area contributed by atoms with E-state index in [2.05, 4.69) is 10.3 Å². The lowest BCUT2D eigenvalue weighted by atomic mass is 9.85. The van der Waals surface area contributed by atoms with Gasteiger partial charge in [0.1, 0.15) is 11.6 Å². The molecular formula is C27H26F2N2O. The topological polar surface area (TPSA) is 42.0 Å². The van der Waals surface area contributed by atoms with E-state index < -0.39 is 5.41 Å². The number of nitrogens with zero attached hydrogens (tertiary/aromatic N) is 1. The molecule has 0 spiro atoms. The Morgan fingerprint density at radius 2 is 1.75 bits per heavy atom. The number of amides is 1. The van der Waals surface area contributed by atoms with Crippen LogP contribution in [0.4, 0.5) is 8.78 Å². The van der Waals surface area contributed by atoms with Crippen LogP contribution in [0.2, 0.25) is 0 Å². The summed E-state index contributed by atoms with van der Waals surface area (Å²) in [6.07, 6.45) is 10.5. The van der Waals surface area contributed by atoms with Crippen LogP contribution in [0.1, 0.15) is 36.0 Å². The van der Waals surface area contributed by atoms with E-state index in [0.717, 1.165) is 30.4 Å². The van der Waals surface area contributed by atoms with E-state index in [0.29, 0.717) is 13.0 Å². The molecule has 0 bridgehead atoms. The molecule has 4 rings (SSSR count). The Labute approximate surface area is 187 Å². The molecule has 1 aliphatic rings. The van der Waals surface area contributed by atoms with Gasteiger partial charge >= 0.3 is 0 Å². The summed E-state index contributed by atoms with van der Waals surface area (Å²) in [5, 5.41) is 2.92. The van der Waals surface area contributed by atoms with Gasteiger partial charge in [-0.1, -0.05) is 36.4 Å². The Hall–Kier alpha value is -3.34. The molecular weight excluding hydrogens is 406 g/mol. The second-order valence-electron chi connectivity index (χ2n) is 8.27. The van der Waals surface area contributed by atoms with Gasteiger partial charge in [0.2, 0.25) is 5.91 Å². The van der Waals surface area contributed by atoms with Crippen LogP contribution in [0.5, 0.6) is 0 Å². The molecule has 0 aliphatic heterocycles. The zero-order valence-electron chi connectivity index (χ0n) is 17.8. The van der Waals surface area contributed by atoms with Crippen LogP contribution in [0.3, 0.4) is 0 Å². The smallest absolute Gasteiger partial charge is 0.243 e. The molecule has 1 amide bonds. The third-order valence-electron chi connectivity index (χ3n) is 6.09. The maximum Gasteiger partial charge on any atom is 0.243 e. The Balaban J connectivity index is 1.35. The van der Waals surface area contributed by atoms with Crippen LogP contribution in [0, 0.1) is 17.6 Å². The summed E-state index contributed by atoms with van der Waals surface area (Å²) in [5.41, 5.74) is 2.28. The maximum absolute atomic E-state index is 13.9. The molecule has 164 valence electrons. The molecule has 5 heteroatoms. The quantitative estimate of drug-likeness (QED) is 0.365. The van der Waals surface area contributed by atoms with Crippen molar-refractivity contribution in [2.45, 2.75) is 31.1 Å². The van der Waals surface area contributed by atoms with Gasteiger partial charge in [-0.05, 0) is 84.7 Å². The predicted octanol–water partition coefficient (Wildman–Crippen LogP) is 5.36. The molecule has 3 aromatic rings. The molecule has 1 atom stereocenters. The van der Waals surface area contributed by atoms with Gasteiger partial charge in [0.05, 0.1) is 0 Å². The summed E-state index contributed by atoms with van der Waals surface area (Å²) in [6.45, 7) is 0.604. The monoisotopic (exact) mass is 432 g/mol. The number of rotatable bonds is 9. The number of benzene rings is 2. The first kappa shape index (κ1) is 21.9. The number of aryl methyl sites for hydroxylation is 1. The number of pyridine rings is 1.